The number of hydrogen-bond donors (Lipinski definition) is 2. The van der Waals surface area contributed by atoms with E-state index in [9.17, 15) is 4.79 Å². The Morgan fingerprint density at radius 1 is 1.61 bits per heavy atom. The highest BCUT2D eigenvalue weighted by Gasteiger charge is 2.12. The minimum atomic E-state index is -0.112. The van der Waals surface area contributed by atoms with E-state index in [0.29, 0.717) is 12.0 Å². The molecule has 0 saturated carbocycles. The molecular formula is C13H17N3O2. The maximum absolute atomic E-state index is 12.0. The molecule has 2 heterocycles. The SMILES string of the molecule is CCC(CCO)NC(=O)c1ccn2cncc2c1. The molecule has 0 radical (unpaired) electrons. The van der Waals surface area contributed by atoms with Gasteiger partial charge in [0.15, 0.2) is 0 Å². The zero-order valence-electron chi connectivity index (χ0n) is 10.3. The Morgan fingerprint density at radius 3 is 3.17 bits per heavy atom. The third kappa shape index (κ3) is 2.68. The van der Waals surface area contributed by atoms with Gasteiger partial charge in [-0.15, -0.1) is 0 Å². The maximum atomic E-state index is 12.0. The van der Waals surface area contributed by atoms with Gasteiger partial charge < -0.3 is 14.8 Å². The van der Waals surface area contributed by atoms with Gasteiger partial charge in [-0.25, -0.2) is 4.98 Å². The van der Waals surface area contributed by atoms with E-state index in [1.807, 2.05) is 17.5 Å². The second-order valence-corrected chi connectivity index (χ2v) is 4.23. The molecule has 5 heteroatoms. The van der Waals surface area contributed by atoms with Crippen molar-refractivity contribution in [2.75, 3.05) is 6.61 Å². The van der Waals surface area contributed by atoms with Crippen molar-refractivity contribution in [1.29, 1.82) is 0 Å². The summed E-state index contributed by atoms with van der Waals surface area (Å²) in [5, 5.41) is 11.8. The number of imidazole rings is 1. The molecule has 0 fully saturated rings. The lowest BCUT2D eigenvalue weighted by Crippen LogP contribution is -2.35. The molecule has 0 aromatic carbocycles. The van der Waals surface area contributed by atoms with Gasteiger partial charge in [-0.05, 0) is 25.0 Å². The first-order valence-corrected chi connectivity index (χ1v) is 6.08. The average Bonchev–Trinajstić information content (AvgIpc) is 2.85. The largest absolute Gasteiger partial charge is 0.396 e. The summed E-state index contributed by atoms with van der Waals surface area (Å²) in [6.45, 7) is 2.07. The number of carbonyl (C=O) groups is 1. The number of nitrogens with one attached hydrogen (secondary N) is 1. The summed E-state index contributed by atoms with van der Waals surface area (Å²) >= 11 is 0. The third-order valence-electron chi connectivity index (χ3n) is 2.98. The molecule has 0 aliphatic carbocycles. The Balaban J connectivity index is 2.12. The number of aromatic nitrogens is 2. The maximum Gasteiger partial charge on any atom is 0.251 e. The molecular weight excluding hydrogens is 230 g/mol. The summed E-state index contributed by atoms with van der Waals surface area (Å²) < 4.78 is 1.85. The summed E-state index contributed by atoms with van der Waals surface area (Å²) in [7, 11) is 0. The van der Waals surface area contributed by atoms with Crippen molar-refractivity contribution in [2.45, 2.75) is 25.8 Å². The van der Waals surface area contributed by atoms with Crippen LogP contribution in [0.25, 0.3) is 5.52 Å². The summed E-state index contributed by atoms with van der Waals surface area (Å²) in [5.41, 5.74) is 1.50. The number of hydrogen-bond acceptors (Lipinski definition) is 3. The molecule has 2 aromatic rings. The summed E-state index contributed by atoms with van der Waals surface area (Å²) in [6, 6.07) is 3.58. The van der Waals surface area contributed by atoms with Gasteiger partial charge in [0.1, 0.15) is 0 Å². The smallest absolute Gasteiger partial charge is 0.251 e. The number of carbonyl (C=O) groups excluding carboxylic acids is 1. The summed E-state index contributed by atoms with van der Waals surface area (Å²) in [6.07, 6.45) is 6.60. The average molecular weight is 247 g/mol. The van der Waals surface area contributed by atoms with Crippen LogP contribution in [0.3, 0.4) is 0 Å². The quantitative estimate of drug-likeness (QED) is 0.835. The van der Waals surface area contributed by atoms with Crippen molar-refractivity contribution in [3.63, 3.8) is 0 Å². The molecule has 2 rings (SSSR count). The molecule has 5 nitrogen and oxygen atoms in total. The molecule has 18 heavy (non-hydrogen) atoms. The van der Waals surface area contributed by atoms with Crippen molar-refractivity contribution in [3.8, 4) is 0 Å². The Labute approximate surface area is 105 Å². The van der Waals surface area contributed by atoms with Gasteiger partial charge in [-0.3, -0.25) is 4.79 Å². The second kappa shape index (κ2) is 5.64. The molecule has 1 unspecified atom stereocenters. The molecule has 0 spiro atoms. The first-order chi connectivity index (χ1) is 8.74. The Morgan fingerprint density at radius 2 is 2.44 bits per heavy atom. The molecule has 2 aromatic heterocycles. The lowest BCUT2D eigenvalue weighted by Gasteiger charge is -2.15. The molecule has 2 N–H and O–H groups in total. The van der Waals surface area contributed by atoms with Crippen LogP contribution in [0.4, 0.5) is 0 Å². The van der Waals surface area contributed by atoms with E-state index in [0.717, 1.165) is 11.9 Å². The predicted octanol–water partition coefficient (Wildman–Crippen LogP) is 1.23. The molecule has 96 valence electrons. The van der Waals surface area contributed by atoms with Crippen LogP contribution in [-0.2, 0) is 0 Å². The van der Waals surface area contributed by atoms with Crippen molar-refractivity contribution in [3.05, 3.63) is 36.4 Å². The first kappa shape index (κ1) is 12.6. The van der Waals surface area contributed by atoms with Gasteiger partial charge in [0.2, 0.25) is 0 Å². The zero-order chi connectivity index (χ0) is 13.0. The fourth-order valence-corrected chi connectivity index (χ4v) is 1.86. The van der Waals surface area contributed by atoms with Gasteiger partial charge >= 0.3 is 0 Å². The van der Waals surface area contributed by atoms with E-state index in [1.165, 1.54) is 0 Å². The molecule has 0 saturated heterocycles. The first-order valence-electron chi connectivity index (χ1n) is 6.08. The standard InChI is InChI=1S/C13H17N3O2/c1-2-11(4-6-17)15-13(18)10-3-5-16-9-14-8-12(16)7-10/h3,5,7-9,11,17H,2,4,6H2,1H3,(H,15,18). The highest BCUT2D eigenvalue weighted by atomic mass is 16.3. The van der Waals surface area contributed by atoms with Crippen LogP contribution in [0.15, 0.2) is 30.9 Å². The van der Waals surface area contributed by atoms with Crippen LogP contribution < -0.4 is 5.32 Å². The number of aliphatic hydroxyl groups excluding tert-OH is 1. The van der Waals surface area contributed by atoms with Crippen molar-refractivity contribution >= 4 is 11.4 Å². The van der Waals surface area contributed by atoms with E-state index >= 15 is 0 Å². The minimum absolute atomic E-state index is 0.0173. The molecule has 0 aliphatic heterocycles. The number of aliphatic hydroxyl groups is 1. The van der Waals surface area contributed by atoms with Gasteiger partial charge in [0.05, 0.1) is 18.0 Å². The number of amides is 1. The second-order valence-electron chi connectivity index (χ2n) is 4.23. The fraction of sp³-hybridized carbons (Fsp3) is 0.385. The number of fused-ring (bicyclic) bond motifs is 1. The van der Waals surface area contributed by atoms with Crippen LogP contribution in [-0.4, -0.2) is 33.0 Å². The van der Waals surface area contributed by atoms with Crippen molar-refractivity contribution in [1.82, 2.24) is 14.7 Å². The van der Waals surface area contributed by atoms with Crippen LogP contribution in [0, 0.1) is 0 Å². The number of pyridine rings is 1. The van der Waals surface area contributed by atoms with E-state index in [4.69, 9.17) is 5.11 Å². The van der Waals surface area contributed by atoms with Crippen LogP contribution >= 0.6 is 0 Å². The number of nitrogens with zero attached hydrogens (tertiary/aromatic N) is 2. The topological polar surface area (TPSA) is 66.6 Å². The Bertz CT molecular complexity index is 536. The summed E-state index contributed by atoms with van der Waals surface area (Å²) in [4.78, 5) is 16.0. The van der Waals surface area contributed by atoms with Gasteiger partial charge in [0, 0.05) is 24.4 Å². The molecule has 0 bridgehead atoms. The van der Waals surface area contributed by atoms with Gasteiger partial charge in [0.25, 0.3) is 5.91 Å². The fourth-order valence-electron chi connectivity index (χ4n) is 1.86. The molecule has 0 aliphatic rings. The van der Waals surface area contributed by atoms with Crippen molar-refractivity contribution in [2.24, 2.45) is 0 Å². The van der Waals surface area contributed by atoms with E-state index in [2.05, 4.69) is 10.3 Å². The molecule has 1 atom stereocenters. The lowest BCUT2D eigenvalue weighted by atomic mass is 10.1. The highest BCUT2D eigenvalue weighted by Crippen LogP contribution is 2.07. The van der Waals surface area contributed by atoms with Gasteiger partial charge in [-0.2, -0.15) is 0 Å². The monoisotopic (exact) mass is 247 g/mol. The normalized spacial score (nSPS) is 12.6. The van der Waals surface area contributed by atoms with Crippen molar-refractivity contribution < 1.29 is 9.90 Å². The minimum Gasteiger partial charge on any atom is -0.396 e. The predicted molar refractivity (Wildman–Crippen MR) is 68.4 cm³/mol. The summed E-state index contributed by atoms with van der Waals surface area (Å²) in [5.74, 6) is -0.112. The molecule has 1 amide bonds. The Kier molecular flexibility index (Phi) is 3.94. The third-order valence-corrected chi connectivity index (χ3v) is 2.98. The lowest BCUT2D eigenvalue weighted by molar-refractivity contribution is 0.0929. The van der Waals surface area contributed by atoms with E-state index in [-0.39, 0.29) is 18.6 Å². The highest BCUT2D eigenvalue weighted by molar-refractivity contribution is 5.95. The Hall–Kier alpha value is -1.88. The van der Waals surface area contributed by atoms with Crippen LogP contribution in [0.5, 0.6) is 0 Å². The van der Waals surface area contributed by atoms with Gasteiger partial charge in [-0.1, -0.05) is 6.92 Å². The van der Waals surface area contributed by atoms with E-state index < -0.39 is 0 Å². The zero-order valence-corrected chi connectivity index (χ0v) is 10.3. The van der Waals surface area contributed by atoms with E-state index in [1.54, 1.807) is 24.7 Å². The van der Waals surface area contributed by atoms with Crippen LogP contribution in [0.1, 0.15) is 30.1 Å². The van der Waals surface area contributed by atoms with Crippen LogP contribution in [0.2, 0.25) is 0 Å². The number of rotatable bonds is 5.